The Bertz CT molecular complexity index is 1190. The molecule has 3 aromatic rings. The highest BCUT2D eigenvalue weighted by atomic mass is 35.5. The van der Waals surface area contributed by atoms with E-state index in [2.05, 4.69) is 15.5 Å². The predicted molar refractivity (Wildman–Crippen MR) is 123 cm³/mol. The average Bonchev–Trinajstić information content (AvgIpc) is 3.09. The number of hydrogen-bond acceptors (Lipinski definition) is 7. The van der Waals surface area contributed by atoms with Gasteiger partial charge in [0.1, 0.15) is 23.1 Å². The molecule has 0 spiro atoms. The largest absolute Gasteiger partial charge is 0.495 e. The second-order valence-electron chi connectivity index (χ2n) is 7.49. The number of halogens is 1. The van der Waals surface area contributed by atoms with E-state index in [0.29, 0.717) is 33.1 Å². The number of benzene rings is 1. The molecular formula is C21H24ClN5O4S. The molecule has 4 rings (SSSR count). The van der Waals surface area contributed by atoms with Crippen molar-refractivity contribution >= 4 is 40.6 Å². The van der Waals surface area contributed by atoms with Crippen LogP contribution in [0.25, 0.3) is 5.65 Å². The van der Waals surface area contributed by atoms with Crippen LogP contribution in [0.5, 0.6) is 11.5 Å². The van der Waals surface area contributed by atoms with Gasteiger partial charge in [0.2, 0.25) is 5.91 Å². The summed E-state index contributed by atoms with van der Waals surface area (Å²) >= 11 is 7.85. The van der Waals surface area contributed by atoms with Crippen LogP contribution in [0.2, 0.25) is 5.02 Å². The smallest absolute Gasteiger partial charge is 0.367 e. The first-order chi connectivity index (χ1) is 15.5. The Hall–Kier alpha value is -2.72. The van der Waals surface area contributed by atoms with Crippen LogP contribution in [0, 0.1) is 0 Å². The van der Waals surface area contributed by atoms with Crippen LogP contribution in [0.1, 0.15) is 32.1 Å². The fourth-order valence-corrected chi connectivity index (χ4v) is 5.12. The van der Waals surface area contributed by atoms with E-state index < -0.39 is 11.6 Å². The number of rotatable bonds is 7. The number of nitrogens with zero attached hydrogens (tertiary/aromatic N) is 4. The molecule has 1 saturated carbocycles. The van der Waals surface area contributed by atoms with Gasteiger partial charge in [0.25, 0.3) is 0 Å². The van der Waals surface area contributed by atoms with Gasteiger partial charge in [-0.05, 0) is 31.0 Å². The quantitative estimate of drug-likeness (QED) is 0.554. The van der Waals surface area contributed by atoms with Crippen LogP contribution in [0.3, 0.4) is 0 Å². The zero-order valence-electron chi connectivity index (χ0n) is 17.8. The lowest BCUT2D eigenvalue weighted by Gasteiger charge is -2.20. The van der Waals surface area contributed by atoms with Gasteiger partial charge in [-0.1, -0.05) is 30.9 Å². The average molecular weight is 478 g/mol. The number of carbonyl (C=O) groups excluding carboxylic acids is 1. The van der Waals surface area contributed by atoms with E-state index >= 15 is 0 Å². The van der Waals surface area contributed by atoms with Gasteiger partial charge < -0.3 is 14.8 Å². The molecule has 2 heterocycles. The summed E-state index contributed by atoms with van der Waals surface area (Å²) in [5.74, 6) is 0.353. The van der Waals surface area contributed by atoms with Gasteiger partial charge in [-0.2, -0.15) is 9.61 Å². The molecule has 0 bridgehead atoms. The monoisotopic (exact) mass is 477 g/mol. The number of nitrogens with one attached hydrogen (secondary N) is 1. The van der Waals surface area contributed by atoms with Crippen molar-refractivity contribution in [3.05, 3.63) is 39.8 Å². The van der Waals surface area contributed by atoms with E-state index in [1.807, 2.05) is 6.07 Å². The molecule has 1 aliphatic carbocycles. The predicted octanol–water partition coefficient (Wildman–Crippen LogP) is 3.63. The summed E-state index contributed by atoms with van der Waals surface area (Å²) < 4.78 is 12.8. The van der Waals surface area contributed by atoms with Gasteiger partial charge in [0.15, 0.2) is 5.65 Å². The molecule has 32 heavy (non-hydrogen) atoms. The Balaban J connectivity index is 1.50. The molecule has 1 aliphatic rings. The Morgan fingerprint density at radius 1 is 1.16 bits per heavy atom. The fourth-order valence-electron chi connectivity index (χ4n) is 3.69. The first-order valence-corrected chi connectivity index (χ1v) is 11.6. The van der Waals surface area contributed by atoms with Gasteiger partial charge in [0.05, 0.1) is 24.9 Å². The van der Waals surface area contributed by atoms with Crippen LogP contribution in [-0.2, 0) is 11.3 Å². The number of methoxy groups -OCH3 is 2. The van der Waals surface area contributed by atoms with Gasteiger partial charge in [-0.3, -0.25) is 4.79 Å². The molecule has 0 aliphatic heterocycles. The minimum atomic E-state index is -0.471. The third-order valence-corrected chi connectivity index (χ3v) is 6.86. The highest BCUT2D eigenvalue weighted by molar-refractivity contribution is 7.99. The molecule has 0 saturated heterocycles. The molecule has 1 aromatic carbocycles. The van der Waals surface area contributed by atoms with E-state index in [1.54, 1.807) is 23.9 Å². The van der Waals surface area contributed by atoms with Crippen molar-refractivity contribution in [1.82, 2.24) is 19.4 Å². The third-order valence-electron chi connectivity index (χ3n) is 5.30. The number of carbonyl (C=O) groups is 1. The Kier molecular flexibility index (Phi) is 6.90. The van der Waals surface area contributed by atoms with Crippen LogP contribution in [-0.4, -0.2) is 44.8 Å². The topological polar surface area (TPSA) is 99.8 Å². The highest BCUT2D eigenvalue weighted by Gasteiger charge is 2.18. The summed E-state index contributed by atoms with van der Waals surface area (Å²) in [6.45, 7) is -0.278. The molecule has 0 atom stereocenters. The number of fused-ring (bicyclic) bond motifs is 1. The summed E-state index contributed by atoms with van der Waals surface area (Å²) in [5, 5.41) is 13.0. The molecule has 1 amide bonds. The number of anilines is 1. The normalized spacial score (nSPS) is 14.5. The van der Waals surface area contributed by atoms with E-state index in [9.17, 15) is 9.59 Å². The van der Waals surface area contributed by atoms with Crippen LogP contribution in [0.15, 0.2) is 34.1 Å². The molecule has 11 heteroatoms. The third kappa shape index (κ3) is 4.86. The lowest BCUT2D eigenvalue weighted by molar-refractivity contribution is -0.117. The first kappa shape index (κ1) is 22.5. The second kappa shape index (κ2) is 9.83. The molecule has 9 nitrogen and oxygen atoms in total. The van der Waals surface area contributed by atoms with Crippen LogP contribution < -0.4 is 20.5 Å². The molecule has 1 fully saturated rings. The SMILES string of the molecule is COc1cc(OC)c(NC(=O)Cn2nc3ccc(SC4CCCCC4)nn3c2=O)cc1Cl. The molecule has 0 radical (unpaired) electrons. The Morgan fingerprint density at radius 2 is 1.91 bits per heavy atom. The van der Waals surface area contributed by atoms with Crippen molar-refractivity contribution in [2.24, 2.45) is 0 Å². The number of amides is 1. The van der Waals surface area contributed by atoms with Crippen LogP contribution >= 0.6 is 23.4 Å². The number of thioether (sulfide) groups is 1. The number of ether oxygens (including phenoxy) is 2. The van der Waals surface area contributed by atoms with Crippen molar-refractivity contribution in [2.45, 2.75) is 48.9 Å². The van der Waals surface area contributed by atoms with Crippen molar-refractivity contribution in [2.75, 3.05) is 19.5 Å². The lowest BCUT2D eigenvalue weighted by atomic mass is 10.0. The van der Waals surface area contributed by atoms with Gasteiger partial charge in [-0.25, -0.2) is 9.48 Å². The van der Waals surface area contributed by atoms with Gasteiger partial charge in [-0.15, -0.1) is 16.9 Å². The summed E-state index contributed by atoms with van der Waals surface area (Å²) in [7, 11) is 2.96. The Morgan fingerprint density at radius 3 is 2.62 bits per heavy atom. The number of hydrogen-bond donors (Lipinski definition) is 1. The second-order valence-corrected chi connectivity index (χ2v) is 9.22. The minimum absolute atomic E-state index is 0.278. The van der Waals surface area contributed by atoms with Crippen LogP contribution in [0.4, 0.5) is 5.69 Å². The molecule has 2 aromatic heterocycles. The van der Waals surface area contributed by atoms with Crippen molar-refractivity contribution in [1.29, 1.82) is 0 Å². The summed E-state index contributed by atoms with van der Waals surface area (Å²) in [4.78, 5) is 25.4. The maximum Gasteiger partial charge on any atom is 0.367 e. The van der Waals surface area contributed by atoms with Gasteiger partial charge >= 0.3 is 5.69 Å². The zero-order valence-corrected chi connectivity index (χ0v) is 19.4. The van der Waals surface area contributed by atoms with Crippen molar-refractivity contribution < 1.29 is 14.3 Å². The maximum atomic E-state index is 12.8. The minimum Gasteiger partial charge on any atom is -0.495 e. The van der Waals surface area contributed by atoms with E-state index in [0.717, 1.165) is 22.5 Å². The highest BCUT2D eigenvalue weighted by Crippen LogP contribution is 2.36. The summed E-state index contributed by atoms with van der Waals surface area (Å²) in [5.41, 5.74) is 0.284. The maximum absolute atomic E-state index is 12.8. The zero-order chi connectivity index (χ0) is 22.7. The Labute approximate surface area is 194 Å². The first-order valence-electron chi connectivity index (χ1n) is 10.3. The molecule has 1 N–H and O–H groups in total. The summed E-state index contributed by atoms with van der Waals surface area (Å²) in [6, 6.07) is 6.72. The fraction of sp³-hybridized carbons (Fsp3) is 0.429. The standard InChI is InChI=1S/C21H24ClN5O4S/c1-30-16-11-17(31-2)15(10-14(16)22)23-19(28)12-26-21(29)27-18(24-26)8-9-20(25-27)32-13-6-4-3-5-7-13/h8-11,13H,3-7,12H2,1-2H3,(H,23,28). The van der Waals surface area contributed by atoms with E-state index in [1.165, 1.54) is 44.1 Å². The molecule has 170 valence electrons. The van der Waals surface area contributed by atoms with E-state index in [-0.39, 0.29) is 6.54 Å². The van der Waals surface area contributed by atoms with Crippen molar-refractivity contribution in [3.63, 3.8) is 0 Å². The van der Waals surface area contributed by atoms with E-state index in [4.69, 9.17) is 21.1 Å². The van der Waals surface area contributed by atoms with Crippen molar-refractivity contribution in [3.8, 4) is 11.5 Å². The number of aromatic nitrogens is 4. The molecular weight excluding hydrogens is 454 g/mol. The van der Waals surface area contributed by atoms with Gasteiger partial charge in [0, 0.05) is 11.3 Å². The molecule has 0 unspecified atom stereocenters. The lowest BCUT2D eigenvalue weighted by Crippen LogP contribution is -2.29. The summed E-state index contributed by atoms with van der Waals surface area (Å²) in [6.07, 6.45) is 6.08.